The Kier molecular flexibility index (Phi) is 7.03. The van der Waals surface area contributed by atoms with Gasteiger partial charge in [-0.25, -0.2) is 4.98 Å². The first kappa shape index (κ1) is 14.9. The third kappa shape index (κ3) is 5.33. The van der Waals surface area contributed by atoms with E-state index in [1.165, 1.54) is 35.0 Å². The Morgan fingerprint density at radius 3 is 2.59 bits per heavy atom. The molecule has 1 aromatic rings. The minimum Gasteiger partial charge on any atom is -0.351 e. The molecule has 0 atom stereocenters. The summed E-state index contributed by atoms with van der Waals surface area (Å²) in [5, 5.41) is 3.91. The average molecular weight is 366 g/mol. The summed E-state index contributed by atoms with van der Waals surface area (Å²) in [6.45, 7) is 4.59. The van der Waals surface area contributed by atoms with E-state index in [0.717, 1.165) is 28.5 Å². The first-order chi connectivity index (χ1) is 8.15. The van der Waals surface area contributed by atoms with Crippen LogP contribution in [-0.2, 0) is 0 Å². The number of carbonyl (C=O) groups excluding carboxylic acids is 1. The highest BCUT2D eigenvalue weighted by molar-refractivity contribution is 14.1. The maximum atomic E-state index is 11.8. The Bertz CT molecular complexity index is 365. The van der Waals surface area contributed by atoms with Gasteiger partial charge in [0, 0.05) is 6.54 Å². The van der Waals surface area contributed by atoms with Crippen LogP contribution in [0.4, 0.5) is 0 Å². The summed E-state index contributed by atoms with van der Waals surface area (Å²) in [6, 6.07) is 0. The average Bonchev–Trinajstić information content (AvgIpc) is 2.62. The van der Waals surface area contributed by atoms with Gasteiger partial charge in [0.15, 0.2) is 0 Å². The summed E-state index contributed by atoms with van der Waals surface area (Å²) >= 11 is 3.87. The molecule has 1 amide bonds. The molecule has 0 radical (unpaired) electrons. The van der Waals surface area contributed by atoms with E-state index in [1.807, 2.05) is 13.8 Å². The van der Waals surface area contributed by atoms with Gasteiger partial charge in [0.05, 0.1) is 10.7 Å². The maximum absolute atomic E-state index is 11.8. The number of nitrogens with one attached hydrogen (secondary N) is 1. The molecule has 0 spiro atoms. The molecule has 0 saturated carbocycles. The SMILES string of the molecule is Cc1nc(C)c(C(=O)NCCCCCCI)s1. The van der Waals surface area contributed by atoms with Gasteiger partial charge in [-0.3, -0.25) is 4.79 Å². The lowest BCUT2D eigenvalue weighted by Gasteiger charge is -2.03. The summed E-state index contributed by atoms with van der Waals surface area (Å²) < 4.78 is 1.23. The Morgan fingerprint density at radius 1 is 1.29 bits per heavy atom. The van der Waals surface area contributed by atoms with Gasteiger partial charge in [-0.2, -0.15) is 0 Å². The van der Waals surface area contributed by atoms with Gasteiger partial charge in [-0.05, 0) is 31.1 Å². The molecule has 0 aliphatic carbocycles. The molecule has 96 valence electrons. The van der Waals surface area contributed by atoms with Crippen LogP contribution < -0.4 is 5.32 Å². The van der Waals surface area contributed by atoms with Crippen LogP contribution in [0.1, 0.15) is 46.1 Å². The van der Waals surface area contributed by atoms with Crippen molar-refractivity contribution in [3.63, 3.8) is 0 Å². The van der Waals surface area contributed by atoms with Gasteiger partial charge in [-0.15, -0.1) is 11.3 Å². The number of halogens is 1. The highest BCUT2D eigenvalue weighted by atomic mass is 127. The number of nitrogens with zero attached hydrogens (tertiary/aromatic N) is 1. The molecule has 0 aliphatic rings. The number of amides is 1. The standard InChI is InChI=1S/C12H19IN2OS/c1-9-11(17-10(2)15-9)12(16)14-8-6-4-3-5-7-13/h3-8H2,1-2H3,(H,14,16). The molecular weight excluding hydrogens is 347 g/mol. The molecule has 0 aromatic carbocycles. The fourth-order valence-corrected chi connectivity index (χ4v) is 2.97. The largest absolute Gasteiger partial charge is 0.351 e. The summed E-state index contributed by atoms with van der Waals surface area (Å²) in [6.07, 6.45) is 4.81. The van der Waals surface area contributed by atoms with Crippen LogP contribution in [0.2, 0.25) is 0 Å². The van der Waals surface area contributed by atoms with E-state index in [9.17, 15) is 4.79 Å². The number of thiazole rings is 1. The monoisotopic (exact) mass is 366 g/mol. The van der Waals surface area contributed by atoms with Gasteiger partial charge in [0.1, 0.15) is 4.88 Å². The van der Waals surface area contributed by atoms with Gasteiger partial charge in [0.2, 0.25) is 0 Å². The van der Waals surface area contributed by atoms with Gasteiger partial charge < -0.3 is 5.32 Å². The molecule has 3 nitrogen and oxygen atoms in total. The molecule has 0 saturated heterocycles. The molecule has 0 bridgehead atoms. The second-order valence-electron chi connectivity index (χ2n) is 4.01. The lowest BCUT2D eigenvalue weighted by Crippen LogP contribution is -2.24. The molecule has 17 heavy (non-hydrogen) atoms. The summed E-state index contributed by atoms with van der Waals surface area (Å²) in [7, 11) is 0. The molecule has 1 aromatic heterocycles. The first-order valence-electron chi connectivity index (χ1n) is 5.93. The van der Waals surface area contributed by atoms with E-state index in [0.29, 0.717) is 0 Å². The molecule has 5 heteroatoms. The smallest absolute Gasteiger partial charge is 0.263 e. The number of hydrogen-bond acceptors (Lipinski definition) is 3. The molecule has 1 rings (SSSR count). The van der Waals surface area contributed by atoms with Crippen molar-refractivity contribution in [3.8, 4) is 0 Å². The third-order valence-corrected chi connectivity index (χ3v) is 4.29. The Hall–Kier alpha value is -0.170. The lowest BCUT2D eigenvalue weighted by molar-refractivity contribution is 0.0956. The highest BCUT2D eigenvalue weighted by Crippen LogP contribution is 2.16. The number of hydrogen-bond donors (Lipinski definition) is 1. The zero-order chi connectivity index (χ0) is 12.7. The van der Waals surface area contributed by atoms with E-state index in [1.54, 1.807) is 0 Å². The molecule has 1 N–H and O–H groups in total. The van der Waals surface area contributed by atoms with E-state index in [4.69, 9.17) is 0 Å². The Labute approximate surface area is 121 Å². The van der Waals surface area contributed by atoms with Crippen molar-refractivity contribution in [2.75, 3.05) is 11.0 Å². The van der Waals surface area contributed by atoms with Crippen molar-refractivity contribution in [2.24, 2.45) is 0 Å². The van der Waals surface area contributed by atoms with Crippen molar-refractivity contribution in [1.82, 2.24) is 10.3 Å². The normalized spacial score (nSPS) is 10.5. The van der Waals surface area contributed by atoms with Crippen molar-refractivity contribution >= 4 is 39.8 Å². The van der Waals surface area contributed by atoms with Crippen LogP contribution in [-0.4, -0.2) is 21.9 Å². The number of aromatic nitrogens is 1. The number of carbonyl (C=O) groups is 1. The van der Waals surface area contributed by atoms with Crippen LogP contribution in [0, 0.1) is 13.8 Å². The topological polar surface area (TPSA) is 42.0 Å². The zero-order valence-corrected chi connectivity index (χ0v) is 13.4. The summed E-state index contributed by atoms with van der Waals surface area (Å²) in [4.78, 5) is 16.8. The zero-order valence-electron chi connectivity index (χ0n) is 10.4. The van der Waals surface area contributed by atoms with Crippen molar-refractivity contribution < 1.29 is 4.79 Å². The first-order valence-corrected chi connectivity index (χ1v) is 8.27. The fraction of sp³-hybridized carbons (Fsp3) is 0.667. The summed E-state index contributed by atoms with van der Waals surface area (Å²) in [5.41, 5.74) is 0.843. The predicted molar refractivity (Wildman–Crippen MR) is 81.3 cm³/mol. The van der Waals surface area contributed by atoms with Gasteiger partial charge >= 0.3 is 0 Å². The second kappa shape index (κ2) is 8.02. The maximum Gasteiger partial charge on any atom is 0.263 e. The van der Waals surface area contributed by atoms with Crippen LogP contribution in [0.5, 0.6) is 0 Å². The number of alkyl halides is 1. The number of aryl methyl sites for hydroxylation is 2. The van der Waals surface area contributed by atoms with Gasteiger partial charge in [0.25, 0.3) is 5.91 Å². The number of rotatable bonds is 7. The Morgan fingerprint density at radius 2 is 2.00 bits per heavy atom. The minimum atomic E-state index is 0.0296. The van der Waals surface area contributed by atoms with Crippen molar-refractivity contribution in [1.29, 1.82) is 0 Å². The molecule has 1 heterocycles. The van der Waals surface area contributed by atoms with Gasteiger partial charge in [-0.1, -0.05) is 35.4 Å². The van der Waals surface area contributed by atoms with Crippen LogP contribution in [0.25, 0.3) is 0 Å². The fourth-order valence-electron chi connectivity index (χ4n) is 1.60. The van der Waals surface area contributed by atoms with Crippen LogP contribution >= 0.6 is 33.9 Å². The Balaban J connectivity index is 2.23. The highest BCUT2D eigenvalue weighted by Gasteiger charge is 2.12. The number of unbranched alkanes of at least 4 members (excludes halogenated alkanes) is 3. The third-order valence-electron chi connectivity index (χ3n) is 2.46. The molecule has 0 fully saturated rings. The van der Waals surface area contributed by atoms with Crippen LogP contribution in [0.15, 0.2) is 0 Å². The van der Waals surface area contributed by atoms with Crippen molar-refractivity contribution in [2.45, 2.75) is 39.5 Å². The van der Waals surface area contributed by atoms with E-state index < -0.39 is 0 Å². The lowest BCUT2D eigenvalue weighted by atomic mass is 10.2. The minimum absolute atomic E-state index is 0.0296. The van der Waals surface area contributed by atoms with E-state index >= 15 is 0 Å². The predicted octanol–water partition coefficient (Wildman–Crippen LogP) is 3.49. The quantitative estimate of drug-likeness (QED) is 0.456. The van der Waals surface area contributed by atoms with Crippen LogP contribution in [0.3, 0.4) is 0 Å². The molecule has 0 unspecified atom stereocenters. The van der Waals surface area contributed by atoms with Crippen molar-refractivity contribution in [3.05, 3.63) is 15.6 Å². The van der Waals surface area contributed by atoms with E-state index in [-0.39, 0.29) is 5.91 Å². The summed E-state index contributed by atoms with van der Waals surface area (Å²) in [5.74, 6) is 0.0296. The van der Waals surface area contributed by atoms with E-state index in [2.05, 4.69) is 32.9 Å². The molecule has 0 aliphatic heterocycles. The second-order valence-corrected chi connectivity index (χ2v) is 6.29. The molecular formula is C12H19IN2OS.